The molecule has 0 aliphatic heterocycles. The average Bonchev–Trinajstić information content (AvgIpc) is 1.80. The summed E-state index contributed by atoms with van der Waals surface area (Å²) in [5, 5.41) is -4.06. The number of nitrogens with two attached hydrogens (primary N) is 1. The van der Waals surface area contributed by atoms with Crippen molar-refractivity contribution in [2.24, 2.45) is 5.73 Å². The molecule has 13 heavy (non-hydrogen) atoms. The summed E-state index contributed by atoms with van der Waals surface area (Å²) < 4.78 is 72.1. The van der Waals surface area contributed by atoms with Crippen LogP contribution in [0.15, 0.2) is 0 Å². The summed E-state index contributed by atoms with van der Waals surface area (Å²) >= 11 is 0. The molecule has 0 amide bonds. The van der Waals surface area contributed by atoms with E-state index >= 15 is 0 Å². The second kappa shape index (κ2) is 3.28. The zero-order chi connectivity index (χ0) is 11.1. The van der Waals surface area contributed by atoms with E-state index in [0.29, 0.717) is 0 Å². The molecule has 0 aliphatic carbocycles. The summed E-state index contributed by atoms with van der Waals surface area (Å²) in [6.07, 6.45) is -10.9. The molecule has 0 heterocycles. The highest BCUT2D eigenvalue weighted by Crippen LogP contribution is 2.57. The van der Waals surface area contributed by atoms with E-state index in [1.165, 1.54) is 0 Å². The van der Waals surface area contributed by atoms with Gasteiger partial charge in [-0.2, -0.15) is 26.3 Å². The van der Waals surface area contributed by atoms with Gasteiger partial charge in [0.1, 0.15) is 0 Å². The van der Waals surface area contributed by atoms with Gasteiger partial charge in [0.15, 0.2) is 0 Å². The first kappa shape index (κ1) is 13.0. The van der Waals surface area contributed by atoms with Crippen LogP contribution in [0.4, 0.5) is 26.3 Å². The minimum absolute atomic E-state index is 0.844. The summed E-state index contributed by atoms with van der Waals surface area (Å²) in [4.78, 5) is 0. The SMILES string of the molecule is CP(C)C(N)(C(F)(F)F)C(F)(F)F. The average molecular weight is 227 g/mol. The van der Waals surface area contributed by atoms with Gasteiger partial charge in [0.25, 0.3) is 0 Å². The second-order valence-corrected chi connectivity index (χ2v) is 5.15. The van der Waals surface area contributed by atoms with Gasteiger partial charge in [-0.15, -0.1) is 0 Å². The van der Waals surface area contributed by atoms with Crippen LogP contribution in [0.5, 0.6) is 0 Å². The van der Waals surface area contributed by atoms with Crippen molar-refractivity contribution < 1.29 is 26.3 Å². The lowest BCUT2D eigenvalue weighted by molar-refractivity contribution is -0.265. The summed E-state index contributed by atoms with van der Waals surface area (Å²) in [6.45, 7) is 1.69. The van der Waals surface area contributed by atoms with Crippen molar-refractivity contribution in [3.63, 3.8) is 0 Å². The Kier molecular flexibility index (Phi) is 3.27. The molecule has 80 valence electrons. The predicted molar refractivity (Wildman–Crippen MR) is 37.8 cm³/mol. The van der Waals surface area contributed by atoms with Gasteiger partial charge in [-0.3, -0.25) is 0 Å². The number of rotatable bonds is 1. The monoisotopic (exact) mass is 227 g/mol. The molecule has 8 heteroatoms. The van der Waals surface area contributed by atoms with E-state index in [1.54, 1.807) is 0 Å². The van der Waals surface area contributed by atoms with Crippen molar-refractivity contribution in [1.29, 1.82) is 0 Å². The zero-order valence-electron chi connectivity index (χ0n) is 6.79. The first-order chi connectivity index (χ1) is 5.44. The number of halogens is 6. The number of hydrogen-bond acceptors (Lipinski definition) is 1. The first-order valence-corrected chi connectivity index (χ1v) is 5.28. The van der Waals surface area contributed by atoms with Crippen molar-refractivity contribution >= 4 is 7.92 Å². The Morgan fingerprint density at radius 2 is 1.08 bits per heavy atom. The van der Waals surface area contributed by atoms with Crippen molar-refractivity contribution in [1.82, 2.24) is 0 Å². The summed E-state index contributed by atoms with van der Waals surface area (Å²) in [7, 11) is -2.39. The molecular weight excluding hydrogens is 219 g/mol. The molecule has 0 radical (unpaired) electrons. The van der Waals surface area contributed by atoms with E-state index in [9.17, 15) is 26.3 Å². The Hall–Kier alpha value is -0.0300. The van der Waals surface area contributed by atoms with Gasteiger partial charge >= 0.3 is 12.4 Å². The standard InChI is InChI=1S/C5H8F6NP/c1-13(2)3(12,4(6,7)8)5(9,10)11/h12H2,1-2H3. The Morgan fingerprint density at radius 1 is 0.846 bits per heavy atom. The van der Waals surface area contributed by atoms with Gasteiger partial charge in [0.05, 0.1) is 0 Å². The normalized spacial score (nSPS) is 15.2. The molecule has 2 N–H and O–H groups in total. The van der Waals surface area contributed by atoms with Crippen LogP contribution in [-0.2, 0) is 0 Å². The summed E-state index contributed by atoms with van der Waals surface area (Å²) in [6, 6.07) is 0. The molecule has 0 aromatic rings. The molecule has 0 atom stereocenters. The van der Waals surface area contributed by atoms with Crippen LogP contribution in [0, 0.1) is 0 Å². The molecule has 0 bridgehead atoms. The maximum absolute atomic E-state index is 12.0. The second-order valence-electron chi connectivity index (χ2n) is 2.66. The Bertz CT molecular complexity index is 168. The van der Waals surface area contributed by atoms with Crippen molar-refractivity contribution in [2.75, 3.05) is 13.3 Å². The fourth-order valence-electron chi connectivity index (χ4n) is 0.668. The molecule has 0 saturated carbocycles. The van der Waals surface area contributed by atoms with Gasteiger partial charge in [0, 0.05) is 0 Å². The highest BCUT2D eigenvalue weighted by atomic mass is 31.1. The highest BCUT2D eigenvalue weighted by Gasteiger charge is 2.70. The third-order valence-electron chi connectivity index (χ3n) is 1.57. The Balaban J connectivity index is 5.22. The molecule has 0 saturated heterocycles. The molecule has 0 aromatic carbocycles. The van der Waals surface area contributed by atoms with Crippen LogP contribution in [0.3, 0.4) is 0 Å². The molecule has 0 spiro atoms. The van der Waals surface area contributed by atoms with Crippen LogP contribution in [0.2, 0.25) is 0 Å². The molecule has 0 fully saturated rings. The maximum Gasteiger partial charge on any atom is 0.419 e. The lowest BCUT2D eigenvalue weighted by atomic mass is 10.3. The van der Waals surface area contributed by atoms with Gasteiger partial charge in [0.2, 0.25) is 5.28 Å². The minimum atomic E-state index is -5.46. The smallest absolute Gasteiger partial charge is 0.306 e. The Labute approximate surface area is 72.0 Å². The van der Waals surface area contributed by atoms with E-state index in [1.807, 2.05) is 0 Å². The molecule has 0 aromatic heterocycles. The lowest BCUT2D eigenvalue weighted by Crippen LogP contribution is -2.61. The number of alkyl halides is 6. The quantitative estimate of drug-likeness (QED) is 0.540. The van der Waals surface area contributed by atoms with Crippen LogP contribution in [0.1, 0.15) is 0 Å². The van der Waals surface area contributed by atoms with Crippen molar-refractivity contribution in [2.45, 2.75) is 17.6 Å². The zero-order valence-corrected chi connectivity index (χ0v) is 7.69. The lowest BCUT2D eigenvalue weighted by Gasteiger charge is -2.36. The van der Waals surface area contributed by atoms with E-state index in [2.05, 4.69) is 5.73 Å². The third-order valence-corrected chi connectivity index (χ3v) is 3.49. The van der Waals surface area contributed by atoms with E-state index in [0.717, 1.165) is 13.3 Å². The molecule has 0 aliphatic rings. The fourth-order valence-corrected chi connectivity index (χ4v) is 1.68. The maximum atomic E-state index is 12.0. The summed E-state index contributed by atoms with van der Waals surface area (Å²) in [5.74, 6) is 0. The first-order valence-electron chi connectivity index (χ1n) is 3.04. The van der Waals surface area contributed by atoms with Gasteiger partial charge < -0.3 is 5.73 Å². The molecule has 0 unspecified atom stereocenters. The summed E-state index contributed by atoms with van der Waals surface area (Å²) in [5.41, 5.74) is 4.37. The number of hydrogen-bond donors (Lipinski definition) is 1. The largest absolute Gasteiger partial charge is 0.419 e. The van der Waals surface area contributed by atoms with Gasteiger partial charge in [-0.25, -0.2) is 0 Å². The van der Waals surface area contributed by atoms with Gasteiger partial charge in [-0.1, -0.05) is 7.92 Å². The van der Waals surface area contributed by atoms with E-state index < -0.39 is 25.6 Å². The minimum Gasteiger partial charge on any atom is -0.306 e. The Morgan fingerprint density at radius 3 is 1.08 bits per heavy atom. The van der Waals surface area contributed by atoms with Crippen LogP contribution >= 0.6 is 7.92 Å². The highest BCUT2D eigenvalue weighted by molar-refractivity contribution is 7.57. The van der Waals surface area contributed by atoms with Crippen LogP contribution in [0.25, 0.3) is 0 Å². The predicted octanol–water partition coefficient (Wildman–Crippen LogP) is 2.51. The van der Waals surface area contributed by atoms with Crippen molar-refractivity contribution in [3.05, 3.63) is 0 Å². The van der Waals surface area contributed by atoms with Crippen LogP contribution in [-0.4, -0.2) is 31.0 Å². The third kappa shape index (κ3) is 2.07. The van der Waals surface area contributed by atoms with Crippen molar-refractivity contribution in [3.8, 4) is 0 Å². The van der Waals surface area contributed by atoms with E-state index in [-0.39, 0.29) is 0 Å². The molecule has 0 rings (SSSR count). The van der Waals surface area contributed by atoms with E-state index in [4.69, 9.17) is 0 Å². The molecular formula is C5H8F6NP. The van der Waals surface area contributed by atoms with Gasteiger partial charge in [-0.05, 0) is 13.3 Å². The molecule has 1 nitrogen and oxygen atoms in total. The van der Waals surface area contributed by atoms with Crippen LogP contribution < -0.4 is 5.73 Å². The fraction of sp³-hybridized carbons (Fsp3) is 1.00. The topological polar surface area (TPSA) is 26.0 Å².